The van der Waals surface area contributed by atoms with Gasteiger partial charge in [0.1, 0.15) is 11.9 Å². The highest BCUT2D eigenvalue weighted by atomic mass is 19.1. The number of carboxylic acid groups (broad SMARTS) is 2. The van der Waals surface area contributed by atoms with Gasteiger partial charge in [0.2, 0.25) is 0 Å². The van der Waals surface area contributed by atoms with Crippen molar-refractivity contribution in [2.75, 3.05) is 4.90 Å². The molecule has 1 amide bonds. The van der Waals surface area contributed by atoms with Crippen molar-refractivity contribution in [1.82, 2.24) is 5.32 Å². The normalized spacial score (nSPS) is 11.4. The zero-order valence-electron chi connectivity index (χ0n) is 21.0. The van der Waals surface area contributed by atoms with E-state index in [0.29, 0.717) is 18.7 Å². The Balaban J connectivity index is 1.47. The van der Waals surface area contributed by atoms with Crippen molar-refractivity contribution in [2.24, 2.45) is 0 Å². The molecule has 3 N–H and O–H groups in total. The second kappa shape index (κ2) is 12.5. The Labute approximate surface area is 225 Å². The minimum absolute atomic E-state index is 0.167. The highest BCUT2D eigenvalue weighted by Crippen LogP contribution is 2.21. The predicted molar refractivity (Wildman–Crippen MR) is 145 cm³/mol. The summed E-state index contributed by atoms with van der Waals surface area (Å²) in [5.74, 6) is -2.96. The molecule has 1 unspecified atom stereocenters. The van der Waals surface area contributed by atoms with E-state index in [1.807, 2.05) is 35.2 Å². The standard InChI is InChI=1S/C31H27FN2O5/c32-26-14-16-27(17-15-26)34(20-23-8-12-25(13-9-23)30(36)37)19-22-6-10-24(11-7-22)29(35)33-28(31(38)39)18-21-4-2-1-3-5-21/h1-17,28H,18-20H2,(H,33,35)(H,36,37)(H,38,39). The van der Waals surface area contributed by atoms with E-state index >= 15 is 0 Å². The van der Waals surface area contributed by atoms with E-state index < -0.39 is 23.9 Å². The molecule has 4 aromatic rings. The van der Waals surface area contributed by atoms with Crippen LogP contribution in [0.3, 0.4) is 0 Å². The number of rotatable bonds is 11. The van der Waals surface area contributed by atoms with Gasteiger partial charge in [-0.25, -0.2) is 14.0 Å². The lowest BCUT2D eigenvalue weighted by Gasteiger charge is -2.25. The molecule has 0 saturated heterocycles. The van der Waals surface area contributed by atoms with E-state index in [0.717, 1.165) is 22.4 Å². The molecule has 0 fully saturated rings. The number of nitrogens with one attached hydrogen (secondary N) is 1. The van der Waals surface area contributed by atoms with Crippen molar-refractivity contribution in [2.45, 2.75) is 25.6 Å². The molecule has 198 valence electrons. The van der Waals surface area contributed by atoms with Gasteiger partial charge in [-0.2, -0.15) is 0 Å². The molecule has 8 heteroatoms. The third-order valence-electron chi connectivity index (χ3n) is 6.24. The molecule has 4 rings (SSSR count). The summed E-state index contributed by atoms with van der Waals surface area (Å²) in [4.78, 5) is 37.7. The maximum atomic E-state index is 13.6. The summed E-state index contributed by atoms with van der Waals surface area (Å²) in [5.41, 5.74) is 3.84. The van der Waals surface area contributed by atoms with Crippen LogP contribution in [-0.4, -0.2) is 34.1 Å². The SMILES string of the molecule is O=C(O)c1ccc(CN(Cc2ccc(C(=O)NC(Cc3ccccc3)C(=O)O)cc2)c2ccc(F)cc2)cc1. The van der Waals surface area contributed by atoms with Crippen LogP contribution >= 0.6 is 0 Å². The second-order valence-corrected chi connectivity index (χ2v) is 9.09. The molecular formula is C31H27FN2O5. The monoisotopic (exact) mass is 526 g/mol. The molecule has 39 heavy (non-hydrogen) atoms. The largest absolute Gasteiger partial charge is 0.480 e. The minimum atomic E-state index is -1.12. The molecule has 0 saturated carbocycles. The van der Waals surface area contributed by atoms with Crippen LogP contribution in [0.4, 0.5) is 10.1 Å². The van der Waals surface area contributed by atoms with Gasteiger partial charge in [0, 0.05) is 30.8 Å². The summed E-state index contributed by atoms with van der Waals surface area (Å²) in [6.45, 7) is 0.869. The number of halogens is 1. The van der Waals surface area contributed by atoms with Gasteiger partial charge in [0.15, 0.2) is 0 Å². The Morgan fingerprint density at radius 2 is 1.23 bits per heavy atom. The lowest BCUT2D eigenvalue weighted by Crippen LogP contribution is -2.42. The quantitative estimate of drug-likeness (QED) is 0.249. The summed E-state index contributed by atoms with van der Waals surface area (Å²) in [5, 5.41) is 21.3. The van der Waals surface area contributed by atoms with Gasteiger partial charge >= 0.3 is 11.9 Å². The number of aliphatic carboxylic acids is 1. The van der Waals surface area contributed by atoms with E-state index in [2.05, 4.69) is 5.32 Å². The Bertz CT molecular complexity index is 1420. The fourth-order valence-electron chi connectivity index (χ4n) is 4.14. The summed E-state index contributed by atoms with van der Waals surface area (Å²) in [6.07, 6.45) is 0.167. The first-order valence-electron chi connectivity index (χ1n) is 12.3. The average Bonchev–Trinajstić information content (AvgIpc) is 2.94. The first-order chi connectivity index (χ1) is 18.8. The van der Waals surface area contributed by atoms with Gasteiger partial charge in [-0.15, -0.1) is 0 Å². The maximum absolute atomic E-state index is 13.6. The number of carboxylic acids is 2. The molecular weight excluding hydrogens is 499 g/mol. The molecule has 1 atom stereocenters. The van der Waals surface area contributed by atoms with Gasteiger partial charge in [0.05, 0.1) is 5.56 Å². The molecule has 0 spiro atoms. The molecule has 0 aliphatic heterocycles. The number of hydrogen-bond donors (Lipinski definition) is 3. The van der Waals surface area contributed by atoms with Crippen molar-refractivity contribution in [3.05, 3.63) is 137 Å². The summed E-state index contributed by atoms with van der Waals surface area (Å²) < 4.78 is 13.6. The zero-order valence-corrected chi connectivity index (χ0v) is 21.0. The topological polar surface area (TPSA) is 107 Å². The van der Waals surface area contributed by atoms with Crippen LogP contribution < -0.4 is 10.2 Å². The van der Waals surface area contributed by atoms with Gasteiger partial charge in [-0.1, -0.05) is 54.6 Å². The first kappa shape index (κ1) is 27.1. The lowest BCUT2D eigenvalue weighted by atomic mass is 10.0. The predicted octanol–water partition coefficient (Wildman–Crippen LogP) is 5.16. The Morgan fingerprint density at radius 3 is 1.74 bits per heavy atom. The molecule has 0 aliphatic rings. The average molecular weight is 527 g/mol. The van der Waals surface area contributed by atoms with Crippen molar-refractivity contribution in [3.63, 3.8) is 0 Å². The highest BCUT2D eigenvalue weighted by Gasteiger charge is 2.21. The zero-order chi connectivity index (χ0) is 27.8. The number of aromatic carboxylic acids is 1. The van der Waals surface area contributed by atoms with E-state index in [1.165, 1.54) is 24.3 Å². The number of hydrogen-bond acceptors (Lipinski definition) is 4. The number of amides is 1. The fraction of sp³-hybridized carbons (Fsp3) is 0.129. The van der Waals surface area contributed by atoms with Crippen LogP contribution in [0.15, 0.2) is 103 Å². The second-order valence-electron chi connectivity index (χ2n) is 9.09. The number of anilines is 1. The first-order valence-corrected chi connectivity index (χ1v) is 12.3. The summed E-state index contributed by atoms with van der Waals surface area (Å²) in [7, 11) is 0. The van der Waals surface area contributed by atoms with Crippen LogP contribution in [-0.2, 0) is 24.3 Å². The van der Waals surface area contributed by atoms with Gasteiger partial charge in [0.25, 0.3) is 5.91 Å². The minimum Gasteiger partial charge on any atom is -0.480 e. The third-order valence-corrected chi connectivity index (χ3v) is 6.24. The summed E-state index contributed by atoms with van der Waals surface area (Å²) >= 11 is 0. The van der Waals surface area contributed by atoms with Crippen LogP contribution in [0.1, 0.15) is 37.4 Å². The van der Waals surface area contributed by atoms with Crippen LogP contribution in [0.2, 0.25) is 0 Å². The molecule has 0 heterocycles. The Kier molecular flexibility index (Phi) is 8.68. The van der Waals surface area contributed by atoms with Crippen molar-refractivity contribution in [3.8, 4) is 0 Å². The molecule has 0 radical (unpaired) electrons. The number of nitrogens with zero attached hydrogens (tertiary/aromatic N) is 1. The van der Waals surface area contributed by atoms with Crippen molar-refractivity contribution >= 4 is 23.5 Å². The van der Waals surface area contributed by atoms with Gasteiger partial charge in [-0.3, -0.25) is 4.79 Å². The van der Waals surface area contributed by atoms with Crippen LogP contribution in [0.25, 0.3) is 0 Å². The lowest BCUT2D eigenvalue weighted by molar-refractivity contribution is -0.139. The van der Waals surface area contributed by atoms with E-state index in [9.17, 15) is 23.9 Å². The maximum Gasteiger partial charge on any atom is 0.335 e. The molecule has 0 bridgehead atoms. The van der Waals surface area contributed by atoms with Crippen LogP contribution in [0.5, 0.6) is 0 Å². The number of carbonyl (C=O) groups excluding carboxylic acids is 1. The Morgan fingerprint density at radius 1 is 0.692 bits per heavy atom. The van der Waals surface area contributed by atoms with Crippen molar-refractivity contribution < 1.29 is 29.0 Å². The fourth-order valence-corrected chi connectivity index (χ4v) is 4.14. The number of benzene rings is 4. The van der Waals surface area contributed by atoms with Crippen LogP contribution in [0, 0.1) is 5.82 Å². The number of carbonyl (C=O) groups is 3. The molecule has 0 aliphatic carbocycles. The Hall–Kier alpha value is -4.98. The van der Waals surface area contributed by atoms with Gasteiger partial charge < -0.3 is 20.4 Å². The van der Waals surface area contributed by atoms with E-state index in [-0.39, 0.29) is 17.8 Å². The van der Waals surface area contributed by atoms with Gasteiger partial charge in [-0.05, 0) is 65.2 Å². The highest BCUT2D eigenvalue weighted by molar-refractivity contribution is 5.96. The molecule has 7 nitrogen and oxygen atoms in total. The smallest absolute Gasteiger partial charge is 0.335 e. The summed E-state index contributed by atoms with van der Waals surface area (Å²) in [6, 6.07) is 27.5. The third kappa shape index (κ3) is 7.52. The van der Waals surface area contributed by atoms with E-state index in [1.54, 1.807) is 48.5 Å². The molecule has 4 aromatic carbocycles. The van der Waals surface area contributed by atoms with Crippen molar-refractivity contribution in [1.29, 1.82) is 0 Å². The molecule has 0 aromatic heterocycles. The van der Waals surface area contributed by atoms with E-state index in [4.69, 9.17) is 5.11 Å².